The van der Waals surface area contributed by atoms with Crippen LogP contribution in [-0.4, -0.2) is 60.7 Å². The minimum atomic E-state index is -0.733. The molecule has 186 valence electrons. The highest BCUT2D eigenvalue weighted by molar-refractivity contribution is 6.05. The molecule has 2 aromatic rings. The van der Waals surface area contributed by atoms with E-state index in [9.17, 15) is 24.5 Å². The molecule has 1 fully saturated rings. The predicted molar refractivity (Wildman–Crippen MR) is 122 cm³/mol. The second-order valence-electron chi connectivity index (χ2n) is 7.53. The summed E-state index contributed by atoms with van der Waals surface area (Å²) in [5.74, 6) is -0.672. The Morgan fingerprint density at radius 1 is 1.14 bits per heavy atom. The summed E-state index contributed by atoms with van der Waals surface area (Å²) in [6.45, 7) is 2.67. The maximum atomic E-state index is 12.1. The Morgan fingerprint density at radius 3 is 2.43 bits per heavy atom. The van der Waals surface area contributed by atoms with Crippen molar-refractivity contribution in [3.05, 3.63) is 52.2 Å². The van der Waals surface area contributed by atoms with Gasteiger partial charge < -0.3 is 23.8 Å². The lowest BCUT2D eigenvalue weighted by Crippen LogP contribution is -2.38. The number of esters is 1. The van der Waals surface area contributed by atoms with Crippen molar-refractivity contribution in [3.63, 3.8) is 0 Å². The lowest BCUT2D eigenvalue weighted by Gasteiger charge is -2.31. The van der Waals surface area contributed by atoms with E-state index in [-0.39, 0.29) is 41.3 Å². The Labute approximate surface area is 200 Å². The number of ether oxygens (including phenoxy) is 4. The molecule has 1 saturated heterocycles. The zero-order valence-electron chi connectivity index (χ0n) is 19.3. The number of pyridine rings is 1. The number of ketones is 1. The van der Waals surface area contributed by atoms with E-state index < -0.39 is 29.3 Å². The highest BCUT2D eigenvalue weighted by Crippen LogP contribution is 2.38. The van der Waals surface area contributed by atoms with Crippen LogP contribution in [0, 0.1) is 10.1 Å². The predicted octanol–water partition coefficient (Wildman–Crippen LogP) is 3.67. The molecule has 2 heterocycles. The van der Waals surface area contributed by atoms with Gasteiger partial charge >= 0.3 is 17.8 Å². The second kappa shape index (κ2) is 11.8. The summed E-state index contributed by atoms with van der Waals surface area (Å²) >= 11 is 0. The van der Waals surface area contributed by atoms with Crippen LogP contribution in [0.15, 0.2) is 36.5 Å². The molecule has 35 heavy (non-hydrogen) atoms. The Morgan fingerprint density at radius 2 is 1.83 bits per heavy atom. The zero-order chi connectivity index (χ0) is 25.4. The summed E-state index contributed by atoms with van der Waals surface area (Å²) < 4.78 is 20.3. The van der Waals surface area contributed by atoms with Crippen molar-refractivity contribution in [2.24, 2.45) is 0 Å². The summed E-state index contributed by atoms with van der Waals surface area (Å²) in [6.07, 6.45) is 0.866. The van der Waals surface area contributed by atoms with Crippen LogP contribution in [0.3, 0.4) is 0 Å². The molecule has 0 unspecified atom stereocenters. The molecule has 12 nitrogen and oxygen atoms in total. The average molecular weight is 487 g/mol. The molecule has 0 spiro atoms. The Balaban J connectivity index is 1.72. The van der Waals surface area contributed by atoms with Crippen LogP contribution in [0.1, 0.15) is 36.5 Å². The standard InChI is InChI=1S/C23H25N3O9/c1-3-33-23(29)35-17-9-12-25(13-10-17)22-21(26(30)31)19(8-11-24-22)34-16-6-4-15(5-7-16)18(27)14-20(28)32-2/h4-8,11,17H,3,9-10,12-14H2,1-2H3. The van der Waals surface area contributed by atoms with Gasteiger partial charge in [-0.1, -0.05) is 0 Å². The molecule has 1 aliphatic rings. The van der Waals surface area contributed by atoms with E-state index in [4.69, 9.17) is 14.2 Å². The van der Waals surface area contributed by atoms with E-state index in [1.807, 2.05) is 0 Å². The third-order valence-electron chi connectivity index (χ3n) is 5.25. The van der Waals surface area contributed by atoms with Gasteiger partial charge in [-0.05, 0) is 31.2 Å². The summed E-state index contributed by atoms with van der Waals surface area (Å²) in [7, 11) is 1.20. The zero-order valence-corrected chi connectivity index (χ0v) is 19.3. The first-order chi connectivity index (χ1) is 16.8. The lowest BCUT2D eigenvalue weighted by molar-refractivity contribution is -0.385. The van der Waals surface area contributed by atoms with Crippen LogP contribution in [-0.2, 0) is 19.0 Å². The molecular formula is C23H25N3O9. The van der Waals surface area contributed by atoms with Crippen LogP contribution < -0.4 is 9.64 Å². The van der Waals surface area contributed by atoms with Crippen molar-refractivity contribution in [2.75, 3.05) is 31.7 Å². The lowest BCUT2D eigenvalue weighted by atomic mass is 10.1. The maximum absolute atomic E-state index is 12.1. The Kier molecular flexibility index (Phi) is 8.54. The number of benzene rings is 1. The van der Waals surface area contributed by atoms with E-state index in [1.165, 1.54) is 43.6 Å². The first-order valence-corrected chi connectivity index (χ1v) is 10.9. The van der Waals surface area contributed by atoms with Crippen LogP contribution in [0.4, 0.5) is 16.3 Å². The van der Waals surface area contributed by atoms with Gasteiger partial charge in [0, 0.05) is 43.8 Å². The van der Waals surface area contributed by atoms with E-state index in [0.29, 0.717) is 25.9 Å². The molecule has 1 aromatic carbocycles. The van der Waals surface area contributed by atoms with Gasteiger partial charge in [0.15, 0.2) is 5.78 Å². The number of aromatic nitrogens is 1. The third kappa shape index (κ3) is 6.65. The van der Waals surface area contributed by atoms with Gasteiger partial charge in [0.05, 0.1) is 18.6 Å². The van der Waals surface area contributed by atoms with Crippen molar-refractivity contribution in [2.45, 2.75) is 32.3 Å². The number of carbonyl (C=O) groups excluding carboxylic acids is 3. The van der Waals surface area contributed by atoms with Crippen molar-refractivity contribution in [3.8, 4) is 11.5 Å². The van der Waals surface area contributed by atoms with Crippen molar-refractivity contribution in [1.29, 1.82) is 0 Å². The Hall–Kier alpha value is -4.22. The molecule has 0 N–H and O–H groups in total. The van der Waals surface area contributed by atoms with E-state index >= 15 is 0 Å². The van der Waals surface area contributed by atoms with Gasteiger partial charge in [-0.15, -0.1) is 0 Å². The number of Topliss-reactive ketones (excluding diaryl/α,β-unsaturated/α-hetero) is 1. The highest BCUT2D eigenvalue weighted by atomic mass is 16.7. The normalized spacial score (nSPS) is 13.6. The fraction of sp³-hybridized carbons (Fsp3) is 0.391. The molecule has 0 atom stereocenters. The summed E-state index contributed by atoms with van der Waals surface area (Å²) in [6, 6.07) is 7.26. The number of nitro groups is 1. The molecule has 0 radical (unpaired) electrons. The highest BCUT2D eigenvalue weighted by Gasteiger charge is 2.31. The van der Waals surface area contributed by atoms with Crippen LogP contribution in [0.25, 0.3) is 0 Å². The summed E-state index contributed by atoms with van der Waals surface area (Å²) in [4.78, 5) is 52.2. The minimum Gasteiger partial charge on any atom is -0.469 e. The number of methoxy groups -OCH3 is 1. The number of piperidine rings is 1. The van der Waals surface area contributed by atoms with Gasteiger partial charge in [-0.25, -0.2) is 9.78 Å². The van der Waals surface area contributed by atoms with Crippen LogP contribution in [0.5, 0.6) is 11.5 Å². The molecule has 0 amide bonds. The quantitative estimate of drug-likeness (QED) is 0.168. The molecule has 0 saturated carbocycles. The van der Waals surface area contributed by atoms with Crippen molar-refractivity contribution >= 4 is 29.4 Å². The molecule has 0 aliphatic carbocycles. The smallest absolute Gasteiger partial charge is 0.469 e. The average Bonchev–Trinajstić information content (AvgIpc) is 2.84. The number of rotatable bonds is 9. The SMILES string of the molecule is CCOC(=O)OC1CCN(c2nccc(Oc3ccc(C(=O)CC(=O)OC)cc3)c2[N+](=O)[O-])CC1. The van der Waals surface area contributed by atoms with Gasteiger partial charge in [-0.2, -0.15) is 0 Å². The van der Waals surface area contributed by atoms with Crippen molar-refractivity contribution in [1.82, 2.24) is 4.98 Å². The third-order valence-corrected chi connectivity index (χ3v) is 5.25. The minimum absolute atomic E-state index is 0.0152. The van der Waals surface area contributed by atoms with Crippen LogP contribution in [0.2, 0.25) is 0 Å². The van der Waals surface area contributed by atoms with Gasteiger partial charge in [0.1, 0.15) is 18.3 Å². The first-order valence-electron chi connectivity index (χ1n) is 10.9. The first kappa shape index (κ1) is 25.4. The Bertz CT molecular complexity index is 1080. The van der Waals surface area contributed by atoms with Crippen LogP contribution >= 0.6 is 0 Å². The number of nitrogens with zero attached hydrogens (tertiary/aromatic N) is 3. The molecule has 3 rings (SSSR count). The number of hydrogen-bond donors (Lipinski definition) is 0. The molecular weight excluding hydrogens is 462 g/mol. The van der Waals surface area contributed by atoms with Crippen molar-refractivity contribution < 1.29 is 38.3 Å². The largest absolute Gasteiger partial charge is 0.508 e. The number of anilines is 1. The van der Waals surface area contributed by atoms with E-state index in [1.54, 1.807) is 11.8 Å². The molecule has 1 aromatic heterocycles. The number of hydrogen-bond acceptors (Lipinski definition) is 11. The summed E-state index contributed by atoms with van der Waals surface area (Å²) in [5, 5.41) is 11.9. The molecule has 12 heteroatoms. The summed E-state index contributed by atoms with van der Waals surface area (Å²) in [5.41, 5.74) is -0.0244. The fourth-order valence-electron chi connectivity index (χ4n) is 3.53. The van der Waals surface area contributed by atoms with Gasteiger partial charge in [-0.3, -0.25) is 19.7 Å². The molecule has 0 bridgehead atoms. The maximum Gasteiger partial charge on any atom is 0.508 e. The monoisotopic (exact) mass is 487 g/mol. The van der Waals surface area contributed by atoms with E-state index in [2.05, 4.69) is 9.72 Å². The van der Waals surface area contributed by atoms with E-state index in [0.717, 1.165) is 0 Å². The van der Waals surface area contributed by atoms with Gasteiger partial charge in [0.25, 0.3) is 0 Å². The number of carbonyl (C=O) groups is 3. The topological polar surface area (TPSA) is 147 Å². The molecule has 1 aliphatic heterocycles. The van der Waals surface area contributed by atoms with Gasteiger partial charge in [0.2, 0.25) is 11.6 Å². The fourth-order valence-corrected chi connectivity index (χ4v) is 3.53. The second-order valence-corrected chi connectivity index (χ2v) is 7.53.